The van der Waals surface area contributed by atoms with E-state index in [2.05, 4.69) is 5.32 Å². The van der Waals surface area contributed by atoms with E-state index in [-0.39, 0.29) is 23.8 Å². The molecule has 0 radical (unpaired) electrons. The summed E-state index contributed by atoms with van der Waals surface area (Å²) in [5.74, 6) is 0.625. The summed E-state index contributed by atoms with van der Waals surface area (Å²) in [7, 11) is 0. The Labute approximate surface area is 157 Å². The predicted octanol–water partition coefficient (Wildman–Crippen LogP) is 3.65. The number of rotatable bonds is 4. The second-order valence-electron chi connectivity index (χ2n) is 8.40. The zero-order chi connectivity index (χ0) is 18.6. The highest BCUT2D eigenvalue weighted by Crippen LogP contribution is 2.28. The van der Waals surface area contributed by atoms with Gasteiger partial charge in [-0.15, -0.1) is 0 Å². The van der Waals surface area contributed by atoms with Gasteiger partial charge in [0.25, 0.3) is 0 Å². The van der Waals surface area contributed by atoms with E-state index < -0.39 is 5.41 Å². The van der Waals surface area contributed by atoms with Gasteiger partial charge in [0.2, 0.25) is 11.8 Å². The molecule has 1 saturated carbocycles. The minimum atomic E-state index is -0.514. The summed E-state index contributed by atoms with van der Waals surface area (Å²) in [4.78, 5) is 27.4. The average Bonchev–Trinajstić information content (AvgIpc) is 2.69. The smallest absolute Gasteiger partial charge is 0.232 e. The van der Waals surface area contributed by atoms with E-state index in [9.17, 15) is 9.59 Å². The number of benzene rings is 1. The van der Waals surface area contributed by atoms with Crippen molar-refractivity contribution in [2.24, 2.45) is 5.92 Å². The van der Waals surface area contributed by atoms with Crippen LogP contribution in [0.15, 0.2) is 30.3 Å². The molecule has 4 heteroatoms. The lowest BCUT2D eigenvalue weighted by Gasteiger charge is -2.38. The third kappa shape index (κ3) is 4.28. The number of amides is 2. The molecule has 2 aliphatic rings. The summed E-state index contributed by atoms with van der Waals surface area (Å²) in [5, 5.41) is 3.24. The van der Waals surface area contributed by atoms with Crippen LogP contribution in [0, 0.1) is 5.92 Å². The maximum Gasteiger partial charge on any atom is 0.232 e. The number of piperidine rings is 1. The Bertz CT molecular complexity index is 612. The van der Waals surface area contributed by atoms with E-state index in [4.69, 9.17) is 0 Å². The molecule has 3 rings (SSSR count). The molecule has 1 heterocycles. The zero-order valence-corrected chi connectivity index (χ0v) is 16.2. The van der Waals surface area contributed by atoms with Crippen LogP contribution in [0.3, 0.4) is 0 Å². The number of likely N-dealkylation sites (tertiary alicyclic amines) is 1. The Morgan fingerprint density at radius 2 is 1.58 bits per heavy atom. The summed E-state index contributed by atoms with van der Waals surface area (Å²) in [6.45, 7) is 5.46. The number of hydrogen-bond acceptors (Lipinski definition) is 2. The van der Waals surface area contributed by atoms with Crippen LogP contribution in [0.25, 0.3) is 0 Å². The Morgan fingerprint density at radius 3 is 2.19 bits per heavy atom. The van der Waals surface area contributed by atoms with Crippen LogP contribution in [0.5, 0.6) is 0 Å². The molecule has 1 aromatic rings. The Hall–Kier alpha value is -1.84. The van der Waals surface area contributed by atoms with Crippen molar-refractivity contribution in [1.29, 1.82) is 0 Å². The third-order valence-electron chi connectivity index (χ3n) is 6.13. The van der Waals surface area contributed by atoms with E-state index in [1.54, 1.807) is 0 Å². The van der Waals surface area contributed by atoms with Crippen molar-refractivity contribution in [1.82, 2.24) is 10.2 Å². The van der Waals surface area contributed by atoms with Gasteiger partial charge >= 0.3 is 0 Å². The molecule has 4 nitrogen and oxygen atoms in total. The van der Waals surface area contributed by atoms with Gasteiger partial charge in [0.05, 0.1) is 5.41 Å². The summed E-state index contributed by atoms with van der Waals surface area (Å²) >= 11 is 0. The lowest BCUT2D eigenvalue weighted by atomic mass is 9.82. The fourth-order valence-corrected chi connectivity index (χ4v) is 4.28. The van der Waals surface area contributed by atoms with E-state index in [1.807, 2.05) is 49.1 Å². The van der Waals surface area contributed by atoms with Crippen molar-refractivity contribution in [3.05, 3.63) is 35.9 Å². The number of hydrogen-bond donors (Lipinski definition) is 1. The molecule has 0 aromatic heterocycles. The first-order chi connectivity index (χ1) is 12.5. The van der Waals surface area contributed by atoms with Crippen LogP contribution in [-0.2, 0) is 15.0 Å². The zero-order valence-electron chi connectivity index (χ0n) is 16.2. The number of carbonyl (C=O) groups is 2. The first kappa shape index (κ1) is 18.9. The van der Waals surface area contributed by atoms with Crippen molar-refractivity contribution < 1.29 is 9.59 Å². The van der Waals surface area contributed by atoms with Crippen LogP contribution >= 0.6 is 0 Å². The van der Waals surface area contributed by atoms with Crippen molar-refractivity contribution >= 4 is 11.8 Å². The van der Waals surface area contributed by atoms with Gasteiger partial charge in [-0.25, -0.2) is 0 Å². The van der Waals surface area contributed by atoms with Gasteiger partial charge < -0.3 is 10.2 Å². The van der Waals surface area contributed by atoms with E-state index in [1.165, 1.54) is 19.3 Å². The molecule has 142 valence electrons. The van der Waals surface area contributed by atoms with E-state index in [0.29, 0.717) is 0 Å². The number of nitrogens with one attached hydrogen (secondary N) is 1. The molecule has 1 aliphatic heterocycles. The fraction of sp³-hybridized carbons (Fsp3) is 0.636. The van der Waals surface area contributed by atoms with Gasteiger partial charge in [-0.2, -0.15) is 0 Å². The van der Waals surface area contributed by atoms with Crippen molar-refractivity contribution in [2.75, 3.05) is 13.1 Å². The monoisotopic (exact) mass is 356 g/mol. The molecule has 1 aromatic carbocycles. The molecular formula is C22H32N2O2. The number of carbonyl (C=O) groups excluding carboxylic acids is 2. The highest BCUT2D eigenvalue weighted by Gasteiger charge is 2.35. The largest absolute Gasteiger partial charge is 0.353 e. The Morgan fingerprint density at radius 1 is 0.962 bits per heavy atom. The van der Waals surface area contributed by atoms with Gasteiger partial charge in [0, 0.05) is 25.0 Å². The van der Waals surface area contributed by atoms with Crippen LogP contribution in [0.2, 0.25) is 0 Å². The van der Waals surface area contributed by atoms with Crippen molar-refractivity contribution in [3.8, 4) is 0 Å². The summed E-state index contributed by atoms with van der Waals surface area (Å²) in [6.07, 6.45) is 7.41. The molecule has 0 unspecified atom stereocenters. The normalized spacial score (nSPS) is 20.0. The molecular weight excluding hydrogens is 324 g/mol. The van der Waals surface area contributed by atoms with Gasteiger partial charge in [-0.05, 0) is 45.1 Å². The maximum atomic E-state index is 13.0. The van der Waals surface area contributed by atoms with Crippen LogP contribution in [-0.4, -0.2) is 35.8 Å². The van der Waals surface area contributed by atoms with Gasteiger partial charge in [-0.3, -0.25) is 9.59 Å². The minimum Gasteiger partial charge on any atom is -0.353 e. The van der Waals surface area contributed by atoms with Crippen molar-refractivity contribution in [2.45, 2.75) is 70.3 Å². The standard InChI is InChI=1S/C22H32N2O2/c1-22(2,18-11-7-4-8-12-18)21(26)24-15-13-19(14-16-24)23-20(25)17-9-5-3-6-10-17/h4,7-8,11-12,17,19H,3,5-6,9-10,13-16H2,1-2H3,(H,23,25). The molecule has 2 fully saturated rings. The Kier molecular flexibility index (Phi) is 6.00. The lowest BCUT2D eigenvalue weighted by Crippen LogP contribution is -2.51. The first-order valence-corrected chi connectivity index (χ1v) is 10.1. The number of nitrogens with zero attached hydrogens (tertiary/aromatic N) is 1. The quantitative estimate of drug-likeness (QED) is 0.895. The molecule has 1 N–H and O–H groups in total. The first-order valence-electron chi connectivity index (χ1n) is 10.1. The maximum absolute atomic E-state index is 13.0. The predicted molar refractivity (Wildman–Crippen MR) is 104 cm³/mol. The molecule has 0 bridgehead atoms. The molecule has 0 spiro atoms. The second kappa shape index (κ2) is 8.24. The SMILES string of the molecule is CC(C)(C(=O)N1CCC(NC(=O)C2CCCCC2)CC1)c1ccccc1. The van der Waals surface area contributed by atoms with Crippen molar-refractivity contribution in [3.63, 3.8) is 0 Å². The van der Waals surface area contributed by atoms with Gasteiger partial charge in [0.1, 0.15) is 0 Å². The van der Waals surface area contributed by atoms with E-state index in [0.717, 1.165) is 44.3 Å². The second-order valence-corrected chi connectivity index (χ2v) is 8.40. The molecule has 2 amide bonds. The minimum absolute atomic E-state index is 0.181. The summed E-state index contributed by atoms with van der Waals surface area (Å²) in [6, 6.07) is 10.2. The highest BCUT2D eigenvalue weighted by molar-refractivity contribution is 5.87. The highest BCUT2D eigenvalue weighted by atomic mass is 16.2. The molecule has 0 atom stereocenters. The fourth-order valence-electron chi connectivity index (χ4n) is 4.28. The van der Waals surface area contributed by atoms with Gasteiger partial charge in [0.15, 0.2) is 0 Å². The molecule has 1 aliphatic carbocycles. The average molecular weight is 357 g/mol. The third-order valence-corrected chi connectivity index (χ3v) is 6.13. The summed E-state index contributed by atoms with van der Waals surface area (Å²) in [5.41, 5.74) is 0.539. The lowest BCUT2D eigenvalue weighted by molar-refractivity contribution is -0.137. The Balaban J connectivity index is 1.51. The van der Waals surface area contributed by atoms with Crippen LogP contribution in [0.4, 0.5) is 0 Å². The van der Waals surface area contributed by atoms with Crippen LogP contribution < -0.4 is 5.32 Å². The summed E-state index contributed by atoms with van der Waals surface area (Å²) < 4.78 is 0. The van der Waals surface area contributed by atoms with Crippen LogP contribution in [0.1, 0.15) is 64.4 Å². The van der Waals surface area contributed by atoms with Gasteiger partial charge in [-0.1, -0.05) is 49.6 Å². The molecule has 1 saturated heterocycles. The molecule has 26 heavy (non-hydrogen) atoms. The topological polar surface area (TPSA) is 49.4 Å². The van der Waals surface area contributed by atoms with E-state index >= 15 is 0 Å².